The molecule has 0 aliphatic rings. The molecule has 1 unspecified atom stereocenters. The summed E-state index contributed by atoms with van der Waals surface area (Å²) in [6.45, 7) is 2.34. The Morgan fingerprint density at radius 3 is 2.56 bits per heavy atom. The summed E-state index contributed by atoms with van der Waals surface area (Å²) in [6.07, 6.45) is 0.918. The standard InChI is InChI=1S/C12H15Cl2NO/c1-2-12(15)9-3-5-11(6-4-9)16-8-10(14)7-13/h3-7,12H,2,8,15H2,1H3. The third-order valence-electron chi connectivity index (χ3n) is 2.24. The summed E-state index contributed by atoms with van der Waals surface area (Å²) >= 11 is 11.1. The van der Waals surface area contributed by atoms with Crippen LogP contribution in [-0.2, 0) is 0 Å². The SMILES string of the molecule is CCC(N)c1ccc(OCC(Cl)=CCl)cc1. The van der Waals surface area contributed by atoms with Crippen LogP contribution in [0.15, 0.2) is 34.8 Å². The number of hydrogen-bond acceptors (Lipinski definition) is 2. The molecule has 1 rings (SSSR count). The lowest BCUT2D eigenvalue weighted by atomic mass is 10.1. The van der Waals surface area contributed by atoms with E-state index in [0.717, 1.165) is 17.7 Å². The van der Waals surface area contributed by atoms with Crippen molar-refractivity contribution in [3.8, 4) is 5.75 Å². The van der Waals surface area contributed by atoms with Gasteiger partial charge < -0.3 is 10.5 Å². The zero-order chi connectivity index (χ0) is 12.0. The minimum atomic E-state index is 0.0837. The van der Waals surface area contributed by atoms with Crippen LogP contribution in [0.4, 0.5) is 0 Å². The van der Waals surface area contributed by atoms with Gasteiger partial charge in [0.15, 0.2) is 0 Å². The van der Waals surface area contributed by atoms with E-state index in [-0.39, 0.29) is 12.6 Å². The van der Waals surface area contributed by atoms with E-state index < -0.39 is 0 Å². The molecule has 2 N–H and O–H groups in total. The Kier molecular flexibility index (Phi) is 5.67. The maximum atomic E-state index is 5.90. The third-order valence-corrected chi connectivity index (χ3v) is 2.84. The number of benzene rings is 1. The monoisotopic (exact) mass is 259 g/mol. The van der Waals surface area contributed by atoms with Gasteiger partial charge in [0.1, 0.15) is 12.4 Å². The molecule has 0 aliphatic carbocycles. The fourth-order valence-corrected chi connectivity index (χ4v) is 1.35. The fourth-order valence-electron chi connectivity index (χ4n) is 1.23. The number of halogens is 2. The summed E-state index contributed by atoms with van der Waals surface area (Å²) < 4.78 is 5.40. The van der Waals surface area contributed by atoms with E-state index in [0.29, 0.717) is 5.03 Å². The van der Waals surface area contributed by atoms with Gasteiger partial charge in [-0.3, -0.25) is 0 Å². The molecule has 0 amide bonds. The lowest BCUT2D eigenvalue weighted by Gasteiger charge is -2.10. The van der Waals surface area contributed by atoms with Gasteiger partial charge in [0.25, 0.3) is 0 Å². The van der Waals surface area contributed by atoms with Crippen molar-refractivity contribution in [3.63, 3.8) is 0 Å². The molecule has 0 bridgehead atoms. The minimum Gasteiger partial charge on any atom is -0.488 e. The van der Waals surface area contributed by atoms with Gasteiger partial charge in [-0.05, 0) is 24.1 Å². The first kappa shape index (κ1) is 13.4. The van der Waals surface area contributed by atoms with Gasteiger partial charge in [0, 0.05) is 11.6 Å². The van der Waals surface area contributed by atoms with Gasteiger partial charge in [-0.15, -0.1) is 0 Å². The summed E-state index contributed by atoms with van der Waals surface area (Å²) in [6, 6.07) is 7.76. The van der Waals surface area contributed by atoms with Crippen molar-refractivity contribution < 1.29 is 4.74 Å². The van der Waals surface area contributed by atoms with Gasteiger partial charge in [-0.25, -0.2) is 0 Å². The van der Waals surface area contributed by atoms with E-state index >= 15 is 0 Å². The Morgan fingerprint density at radius 2 is 2.06 bits per heavy atom. The van der Waals surface area contributed by atoms with Crippen LogP contribution in [0.1, 0.15) is 24.9 Å². The summed E-state index contributed by atoms with van der Waals surface area (Å²) in [5.74, 6) is 0.753. The number of hydrogen-bond donors (Lipinski definition) is 1. The maximum absolute atomic E-state index is 5.90. The van der Waals surface area contributed by atoms with Gasteiger partial charge in [-0.2, -0.15) is 0 Å². The summed E-state index contributed by atoms with van der Waals surface area (Å²) in [7, 11) is 0. The Morgan fingerprint density at radius 1 is 1.44 bits per heavy atom. The summed E-state index contributed by atoms with van der Waals surface area (Å²) in [5, 5.41) is 0.469. The largest absolute Gasteiger partial charge is 0.488 e. The maximum Gasteiger partial charge on any atom is 0.125 e. The Hall–Kier alpha value is -0.700. The predicted molar refractivity (Wildman–Crippen MR) is 68.9 cm³/mol. The van der Waals surface area contributed by atoms with Crippen LogP contribution in [0.25, 0.3) is 0 Å². The zero-order valence-electron chi connectivity index (χ0n) is 9.12. The average Bonchev–Trinajstić information content (AvgIpc) is 2.35. The number of rotatable bonds is 5. The van der Waals surface area contributed by atoms with E-state index in [1.165, 1.54) is 5.54 Å². The van der Waals surface area contributed by atoms with Crippen molar-refractivity contribution in [1.29, 1.82) is 0 Å². The highest BCUT2D eigenvalue weighted by atomic mass is 35.5. The predicted octanol–water partition coefficient (Wildman–Crippen LogP) is 3.79. The van der Waals surface area contributed by atoms with Crippen LogP contribution >= 0.6 is 23.2 Å². The topological polar surface area (TPSA) is 35.2 Å². The van der Waals surface area contributed by atoms with E-state index in [4.69, 9.17) is 33.7 Å². The van der Waals surface area contributed by atoms with Gasteiger partial charge >= 0.3 is 0 Å². The van der Waals surface area contributed by atoms with Gasteiger partial charge in [0.2, 0.25) is 0 Å². The molecular weight excluding hydrogens is 245 g/mol. The normalized spacial score (nSPS) is 13.6. The molecule has 0 saturated heterocycles. The Bertz CT molecular complexity index is 349. The summed E-state index contributed by atoms with van der Waals surface area (Å²) in [4.78, 5) is 0. The molecule has 0 aliphatic heterocycles. The molecule has 0 radical (unpaired) electrons. The highest BCUT2D eigenvalue weighted by molar-refractivity contribution is 6.36. The zero-order valence-corrected chi connectivity index (χ0v) is 10.6. The first-order valence-corrected chi connectivity index (χ1v) is 5.92. The summed E-state index contributed by atoms with van der Waals surface area (Å²) in [5.41, 5.74) is 8.30. The van der Waals surface area contributed by atoms with Crippen molar-refractivity contribution in [2.24, 2.45) is 5.73 Å². The van der Waals surface area contributed by atoms with E-state index in [1.54, 1.807) is 0 Å². The van der Waals surface area contributed by atoms with Crippen LogP contribution < -0.4 is 10.5 Å². The van der Waals surface area contributed by atoms with Gasteiger partial charge in [0.05, 0.1) is 5.03 Å². The van der Waals surface area contributed by atoms with E-state index in [9.17, 15) is 0 Å². The Labute approximate surface area is 106 Å². The molecule has 0 spiro atoms. The van der Waals surface area contributed by atoms with Gasteiger partial charge in [-0.1, -0.05) is 42.3 Å². The Balaban J connectivity index is 2.58. The average molecular weight is 260 g/mol. The molecule has 0 aromatic heterocycles. The van der Waals surface area contributed by atoms with Crippen molar-refractivity contribution in [2.45, 2.75) is 19.4 Å². The molecule has 0 saturated carbocycles. The van der Waals surface area contributed by atoms with Crippen LogP contribution in [0.5, 0.6) is 5.75 Å². The molecule has 4 heteroatoms. The highest BCUT2D eigenvalue weighted by Gasteiger charge is 2.03. The van der Waals surface area contributed by atoms with Crippen LogP contribution in [0, 0.1) is 0 Å². The quantitative estimate of drug-likeness (QED) is 0.874. The molecule has 2 nitrogen and oxygen atoms in total. The van der Waals surface area contributed by atoms with Crippen LogP contribution in [0.2, 0.25) is 0 Å². The molecule has 1 atom stereocenters. The molecular formula is C12H15Cl2NO. The van der Waals surface area contributed by atoms with Crippen molar-refractivity contribution in [3.05, 3.63) is 40.4 Å². The van der Waals surface area contributed by atoms with E-state index in [2.05, 4.69) is 6.92 Å². The molecule has 1 aromatic rings. The lowest BCUT2D eigenvalue weighted by Crippen LogP contribution is -2.08. The minimum absolute atomic E-state index is 0.0837. The molecule has 0 fully saturated rings. The number of nitrogens with two attached hydrogens (primary N) is 1. The number of ether oxygens (including phenoxy) is 1. The van der Waals surface area contributed by atoms with Crippen molar-refractivity contribution in [2.75, 3.05) is 6.61 Å². The second-order valence-electron chi connectivity index (χ2n) is 3.43. The first-order chi connectivity index (χ1) is 7.67. The third kappa shape index (κ3) is 4.05. The van der Waals surface area contributed by atoms with Crippen LogP contribution in [0.3, 0.4) is 0 Å². The molecule has 88 valence electrons. The van der Waals surface area contributed by atoms with Crippen molar-refractivity contribution >= 4 is 23.2 Å². The molecule has 0 heterocycles. The van der Waals surface area contributed by atoms with Crippen LogP contribution in [-0.4, -0.2) is 6.61 Å². The van der Waals surface area contributed by atoms with Crippen molar-refractivity contribution in [1.82, 2.24) is 0 Å². The van der Waals surface area contributed by atoms with E-state index in [1.807, 2.05) is 24.3 Å². The highest BCUT2D eigenvalue weighted by Crippen LogP contribution is 2.19. The second-order valence-corrected chi connectivity index (χ2v) is 4.13. The smallest absolute Gasteiger partial charge is 0.125 e. The molecule has 16 heavy (non-hydrogen) atoms. The second kappa shape index (κ2) is 6.79. The fraction of sp³-hybridized carbons (Fsp3) is 0.333. The lowest BCUT2D eigenvalue weighted by molar-refractivity contribution is 0.359. The first-order valence-electron chi connectivity index (χ1n) is 5.10. The molecule has 1 aromatic carbocycles.